The van der Waals surface area contributed by atoms with E-state index in [1.165, 1.54) is 27.9 Å². The van der Waals surface area contributed by atoms with E-state index in [1.807, 2.05) is 18.2 Å². The zero-order valence-corrected chi connectivity index (χ0v) is 17.2. The first-order valence-electron chi connectivity index (χ1n) is 9.89. The number of ether oxygens (including phenoxy) is 1. The molecule has 0 aliphatic carbocycles. The van der Waals surface area contributed by atoms with Gasteiger partial charge in [-0.25, -0.2) is 0 Å². The highest BCUT2D eigenvalue weighted by molar-refractivity contribution is 6.30. The molecule has 0 aromatic heterocycles. The lowest BCUT2D eigenvalue weighted by atomic mass is 9.75. The van der Waals surface area contributed by atoms with Gasteiger partial charge in [-0.05, 0) is 67.1 Å². The van der Waals surface area contributed by atoms with Gasteiger partial charge in [-0.1, -0.05) is 54.9 Å². The van der Waals surface area contributed by atoms with E-state index in [0.29, 0.717) is 5.92 Å². The van der Waals surface area contributed by atoms with Crippen LogP contribution in [0.3, 0.4) is 0 Å². The first kappa shape index (κ1) is 17.6. The molecule has 3 heteroatoms. The van der Waals surface area contributed by atoms with E-state index < -0.39 is 0 Å². The van der Waals surface area contributed by atoms with E-state index in [2.05, 4.69) is 68.6 Å². The molecule has 0 amide bonds. The number of nitrogens with one attached hydrogen (secondary N) is 1. The number of anilines is 1. The maximum Gasteiger partial charge on any atom is 0.150 e. The summed E-state index contributed by atoms with van der Waals surface area (Å²) in [6, 6.07) is 20.9. The van der Waals surface area contributed by atoms with E-state index >= 15 is 0 Å². The van der Waals surface area contributed by atoms with Crippen LogP contribution in [0, 0.1) is 0 Å². The summed E-state index contributed by atoms with van der Waals surface area (Å²) in [5.74, 6) is 1.39. The second kappa shape index (κ2) is 6.28. The molecule has 2 heterocycles. The number of fused-ring (bicyclic) bond motifs is 5. The minimum atomic E-state index is -0.137. The molecule has 2 aliphatic rings. The van der Waals surface area contributed by atoms with Gasteiger partial charge < -0.3 is 10.1 Å². The van der Waals surface area contributed by atoms with Crippen LogP contribution in [0.5, 0.6) is 5.75 Å². The Balaban J connectivity index is 1.77. The molecule has 2 atom stereocenters. The number of rotatable bonds is 1. The Kier molecular flexibility index (Phi) is 3.96. The maximum atomic E-state index is 6.58. The van der Waals surface area contributed by atoms with Crippen molar-refractivity contribution in [2.45, 2.75) is 44.8 Å². The molecule has 142 valence electrons. The molecule has 2 aliphatic heterocycles. The summed E-state index contributed by atoms with van der Waals surface area (Å²) >= 11 is 6.15. The van der Waals surface area contributed by atoms with Gasteiger partial charge in [0, 0.05) is 27.4 Å². The van der Waals surface area contributed by atoms with Gasteiger partial charge in [0.15, 0.2) is 0 Å². The van der Waals surface area contributed by atoms with Crippen LogP contribution >= 0.6 is 11.6 Å². The Labute approximate surface area is 171 Å². The van der Waals surface area contributed by atoms with Crippen molar-refractivity contribution >= 4 is 17.3 Å². The van der Waals surface area contributed by atoms with Crippen molar-refractivity contribution in [3.8, 4) is 16.9 Å². The molecule has 0 saturated heterocycles. The van der Waals surface area contributed by atoms with Gasteiger partial charge in [0.2, 0.25) is 0 Å². The number of hydrogen-bond acceptors (Lipinski definition) is 2. The van der Waals surface area contributed by atoms with Crippen molar-refractivity contribution in [2.24, 2.45) is 0 Å². The molecule has 3 aromatic rings. The van der Waals surface area contributed by atoms with Crippen LogP contribution in [0.15, 0.2) is 60.7 Å². The standard InChI is InChI=1S/C25H24ClNO/c1-15-14-25(2,3)27-20-13-12-19-18-6-4-5-7-21(18)28-24(23(19)22(15)20)16-8-10-17(26)11-9-16/h4-13,15,24,27H,14H2,1-3H3/t15-,24-/m1/s1. The zero-order valence-electron chi connectivity index (χ0n) is 16.4. The van der Waals surface area contributed by atoms with Crippen molar-refractivity contribution in [3.63, 3.8) is 0 Å². The molecular formula is C25H24ClNO. The van der Waals surface area contributed by atoms with Gasteiger partial charge in [-0.15, -0.1) is 0 Å². The third kappa shape index (κ3) is 2.79. The fourth-order valence-corrected chi connectivity index (χ4v) is 5.05. The van der Waals surface area contributed by atoms with Gasteiger partial charge in [0.25, 0.3) is 0 Å². The third-order valence-corrected chi connectivity index (χ3v) is 6.18. The summed E-state index contributed by atoms with van der Waals surface area (Å²) < 4.78 is 6.58. The average molecular weight is 390 g/mol. The van der Waals surface area contributed by atoms with E-state index in [4.69, 9.17) is 16.3 Å². The molecule has 0 fully saturated rings. The van der Waals surface area contributed by atoms with Crippen molar-refractivity contribution in [1.82, 2.24) is 0 Å². The van der Waals surface area contributed by atoms with E-state index in [0.717, 1.165) is 22.8 Å². The molecule has 5 rings (SSSR count). The minimum absolute atomic E-state index is 0.0872. The normalized spacial score (nSPS) is 21.6. The maximum absolute atomic E-state index is 6.58. The second-order valence-electron chi connectivity index (χ2n) is 8.65. The molecule has 0 spiro atoms. The van der Waals surface area contributed by atoms with Gasteiger partial charge in [-0.3, -0.25) is 0 Å². The van der Waals surface area contributed by atoms with Crippen molar-refractivity contribution in [3.05, 3.63) is 82.4 Å². The fraction of sp³-hybridized carbons (Fsp3) is 0.280. The lowest BCUT2D eigenvalue weighted by Crippen LogP contribution is -2.37. The van der Waals surface area contributed by atoms with Gasteiger partial charge in [0.1, 0.15) is 11.9 Å². The largest absolute Gasteiger partial charge is 0.480 e. The third-order valence-electron chi connectivity index (χ3n) is 5.93. The fourth-order valence-electron chi connectivity index (χ4n) is 4.93. The van der Waals surface area contributed by atoms with Crippen LogP contribution in [0.4, 0.5) is 5.69 Å². The quantitative estimate of drug-likeness (QED) is 0.475. The Hall–Kier alpha value is -2.45. The van der Waals surface area contributed by atoms with Gasteiger partial charge in [0.05, 0.1) is 0 Å². The zero-order chi connectivity index (χ0) is 19.5. The number of halogens is 1. The summed E-state index contributed by atoms with van der Waals surface area (Å²) in [6.45, 7) is 6.88. The second-order valence-corrected chi connectivity index (χ2v) is 9.08. The summed E-state index contributed by atoms with van der Waals surface area (Å²) in [5.41, 5.74) is 7.55. The lowest BCUT2D eigenvalue weighted by molar-refractivity contribution is 0.241. The van der Waals surface area contributed by atoms with E-state index in [-0.39, 0.29) is 11.6 Å². The summed E-state index contributed by atoms with van der Waals surface area (Å²) in [4.78, 5) is 0. The first-order valence-corrected chi connectivity index (χ1v) is 10.3. The minimum Gasteiger partial charge on any atom is -0.480 e. The van der Waals surface area contributed by atoms with Gasteiger partial charge >= 0.3 is 0 Å². The van der Waals surface area contributed by atoms with Crippen LogP contribution in [-0.4, -0.2) is 5.54 Å². The summed E-state index contributed by atoms with van der Waals surface area (Å²) in [5, 5.41) is 4.49. The molecule has 0 saturated carbocycles. The molecule has 0 unspecified atom stereocenters. The van der Waals surface area contributed by atoms with Crippen LogP contribution in [-0.2, 0) is 0 Å². The first-order chi connectivity index (χ1) is 13.4. The molecule has 2 nitrogen and oxygen atoms in total. The molecule has 0 radical (unpaired) electrons. The lowest BCUT2D eigenvalue weighted by Gasteiger charge is -2.41. The molecule has 1 N–H and O–H groups in total. The van der Waals surface area contributed by atoms with Crippen LogP contribution in [0.1, 0.15) is 55.9 Å². The number of benzene rings is 3. The Morgan fingerprint density at radius 3 is 2.46 bits per heavy atom. The topological polar surface area (TPSA) is 21.3 Å². The van der Waals surface area contributed by atoms with Gasteiger partial charge in [-0.2, -0.15) is 0 Å². The van der Waals surface area contributed by atoms with Crippen molar-refractivity contribution in [2.75, 3.05) is 5.32 Å². The predicted molar refractivity (Wildman–Crippen MR) is 117 cm³/mol. The molecule has 3 aromatic carbocycles. The number of hydrogen-bond donors (Lipinski definition) is 1. The number of para-hydroxylation sites is 1. The summed E-state index contributed by atoms with van der Waals surface area (Å²) in [6.07, 6.45) is 0.952. The highest BCUT2D eigenvalue weighted by Gasteiger charge is 2.37. The average Bonchev–Trinajstić information content (AvgIpc) is 2.66. The Morgan fingerprint density at radius 1 is 0.929 bits per heavy atom. The van der Waals surface area contributed by atoms with Crippen LogP contribution in [0.2, 0.25) is 5.02 Å². The Morgan fingerprint density at radius 2 is 1.68 bits per heavy atom. The van der Waals surface area contributed by atoms with E-state index in [9.17, 15) is 0 Å². The van der Waals surface area contributed by atoms with E-state index in [1.54, 1.807) is 0 Å². The monoisotopic (exact) mass is 389 g/mol. The van der Waals surface area contributed by atoms with Crippen molar-refractivity contribution in [1.29, 1.82) is 0 Å². The summed E-state index contributed by atoms with van der Waals surface area (Å²) in [7, 11) is 0. The Bertz CT molecular complexity index is 1050. The SMILES string of the molecule is C[C@@H]1CC(C)(C)Nc2ccc3c(c21)[C@@H](c1ccc(Cl)cc1)Oc1ccccc1-3. The van der Waals surface area contributed by atoms with Crippen LogP contribution < -0.4 is 10.1 Å². The highest BCUT2D eigenvalue weighted by Crippen LogP contribution is 2.51. The molecule has 28 heavy (non-hydrogen) atoms. The van der Waals surface area contributed by atoms with Crippen molar-refractivity contribution < 1.29 is 4.74 Å². The molecular weight excluding hydrogens is 366 g/mol. The predicted octanol–water partition coefficient (Wildman–Crippen LogP) is 7.19. The van der Waals surface area contributed by atoms with Crippen LogP contribution in [0.25, 0.3) is 11.1 Å². The highest BCUT2D eigenvalue weighted by atomic mass is 35.5. The molecule has 0 bridgehead atoms. The smallest absolute Gasteiger partial charge is 0.150 e.